The van der Waals surface area contributed by atoms with Crippen LogP contribution in [0.4, 0.5) is 4.79 Å². The van der Waals surface area contributed by atoms with Crippen LogP contribution in [0.5, 0.6) is 11.5 Å². The van der Waals surface area contributed by atoms with Crippen LogP contribution in [0, 0.1) is 0 Å². The molecule has 0 saturated carbocycles. The molecule has 0 aliphatic rings. The van der Waals surface area contributed by atoms with Crippen molar-refractivity contribution in [3.8, 4) is 11.5 Å². The lowest BCUT2D eigenvalue weighted by molar-refractivity contribution is -0.150. The van der Waals surface area contributed by atoms with Crippen molar-refractivity contribution in [2.24, 2.45) is 0 Å². The van der Waals surface area contributed by atoms with E-state index in [1.165, 1.54) is 0 Å². The molecule has 0 fully saturated rings. The highest BCUT2D eigenvalue weighted by molar-refractivity contribution is 5.82. The minimum Gasteiger partial charge on any atom is -0.485 e. The van der Waals surface area contributed by atoms with E-state index >= 15 is 0 Å². The molecule has 1 unspecified atom stereocenters. The highest BCUT2D eigenvalue weighted by Crippen LogP contribution is 2.33. The van der Waals surface area contributed by atoms with Crippen molar-refractivity contribution >= 4 is 12.1 Å². The van der Waals surface area contributed by atoms with Gasteiger partial charge in [0.2, 0.25) is 0 Å². The summed E-state index contributed by atoms with van der Waals surface area (Å²) in [4.78, 5) is 26.2. The molecule has 0 spiro atoms. The number of aliphatic hydroxyl groups excluding tert-OH is 1. The molecule has 1 amide bonds. The van der Waals surface area contributed by atoms with Crippen LogP contribution in [-0.4, -0.2) is 23.2 Å². The van der Waals surface area contributed by atoms with E-state index in [1.54, 1.807) is 18.2 Å². The van der Waals surface area contributed by atoms with Crippen LogP contribution in [0.15, 0.2) is 140 Å². The van der Waals surface area contributed by atoms with Crippen LogP contribution in [0.25, 0.3) is 0 Å². The predicted molar refractivity (Wildman–Crippen MR) is 173 cm³/mol. The maximum Gasteiger partial charge on any atom is 0.408 e. The average Bonchev–Trinajstić information content (AvgIpc) is 3.12. The molecule has 5 rings (SSSR count). The monoisotopic (exact) mass is 617 g/mol. The van der Waals surface area contributed by atoms with E-state index in [-0.39, 0.29) is 19.8 Å². The van der Waals surface area contributed by atoms with Crippen molar-refractivity contribution in [2.45, 2.75) is 38.6 Å². The summed E-state index contributed by atoms with van der Waals surface area (Å²) in [6, 6.07) is 41.0. The van der Waals surface area contributed by atoms with Crippen molar-refractivity contribution in [3.63, 3.8) is 0 Å². The first kappa shape index (κ1) is 31.8. The number of alkyl carbamates (subject to hydrolysis) is 1. The summed E-state index contributed by atoms with van der Waals surface area (Å²) in [5.74, 6) is -0.0160. The third-order valence-electron chi connectivity index (χ3n) is 7.06. The molecule has 0 aliphatic heterocycles. The van der Waals surface area contributed by atoms with Crippen molar-refractivity contribution in [1.29, 1.82) is 0 Å². The zero-order valence-electron chi connectivity index (χ0n) is 25.2. The molecule has 0 aromatic heterocycles. The second kappa shape index (κ2) is 16.5. The van der Waals surface area contributed by atoms with Crippen molar-refractivity contribution < 1.29 is 33.6 Å². The fourth-order valence-corrected chi connectivity index (χ4v) is 4.58. The Morgan fingerprint density at radius 1 is 0.543 bits per heavy atom. The zero-order chi connectivity index (χ0) is 32.0. The Morgan fingerprint density at radius 2 is 0.978 bits per heavy atom. The number of carbonyl (C=O) groups is 2. The lowest BCUT2D eigenvalue weighted by atomic mass is 10.0. The molecule has 46 heavy (non-hydrogen) atoms. The number of benzene rings is 5. The van der Waals surface area contributed by atoms with Gasteiger partial charge >= 0.3 is 12.1 Å². The lowest BCUT2D eigenvalue weighted by Gasteiger charge is -2.24. The van der Waals surface area contributed by atoms with Crippen LogP contribution < -0.4 is 14.8 Å². The molecule has 0 radical (unpaired) electrons. The number of hydrogen-bond acceptors (Lipinski definition) is 7. The average molecular weight is 618 g/mol. The number of ether oxygens (including phenoxy) is 4. The molecular formula is C38H35NO7. The SMILES string of the molecule is O=C(N[C@H](C(=O)OCc1ccccc1)C(O)c1ccc(OCc2ccccc2)c(OCc2ccccc2)c1)OCc1ccccc1. The smallest absolute Gasteiger partial charge is 0.408 e. The van der Waals surface area contributed by atoms with Crippen LogP contribution >= 0.6 is 0 Å². The standard InChI is InChI=1S/C38H35NO7/c40-36(35(37(41)45-26-30-17-9-3-10-18-30)39-38(42)46-27-31-19-11-4-12-20-31)32-21-22-33(43-24-28-13-5-1-6-14-28)34(23-32)44-25-29-15-7-2-8-16-29/h1-23,35-36,40H,24-27H2,(H,39,42)/t35-,36?/m0/s1. The van der Waals surface area contributed by atoms with E-state index in [9.17, 15) is 14.7 Å². The van der Waals surface area contributed by atoms with Gasteiger partial charge in [0.1, 0.15) is 32.5 Å². The molecule has 234 valence electrons. The largest absolute Gasteiger partial charge is 0.485 e. The Labute approximate surface area is 268 Å². The molecular weight excluding hydrogens is 582 g/mol. The maximum absolute atomic E-state index is 13.4. The number of aliphatic hydroxyl groups is 1. The van der Waals surface area contributed by atoms with Crippen molar-refractivity contribution in [3.05, 3.63) is 167 Å². The van der Waals surface area contributed by atoms with E-state index in [1.807, 2.05) is 121 Å². The van der Waals surface area contributed by atoms with E-state index in [0.29, 0.717) is 23.7 Å². The van der Waals surface area contributed by atoms with Gasteiger partial charge in [-0.1, -0.05) is 127 Å². The minimum absolute atomic E-state index is 0.0144. The van der Waals surface area contributed by atoms with Gasteiger partial charge < -0.3 is 29.4 Å². The maximum atomic E-state index is 13.4. The summed E-state index contributed by atoms with van der Waals surface area (Å²) in [5, 5.41) is 14.0. The van der Waals surface area contributed by atoms with Crippen LogP contribution in [-0.2, 0) is 40.7 Å². The summed E-state index contributed by atoms with van der Waals surface area (Å²) in [6.07, 6.45) is -2.39. The Balaban J connectivity index is 1.36. The van der Waals surface area contributed by atoms with Crippen LogP contribution in [0.2, 0.25) is 0 Å². The molecule has 5 aromatic rings. The topological polar surface area (TPSA) is 103 Å². The molecule has 5 aromatic carbocycles. The first-order valence-corrected chi connectivity index (χ1v) is 14.9. The van der Waals surface area contributed by atoms with E-state index in [0.717, 1.165) is 22.3 Å². The quantitative estimate of drug-likeness (QED) is 0.131. The molecule has 0 saturated heterocycles. The van der Waals surface area contributed by atoms with Gasteiger partial charge in [0, 0.05) is 0 Å². The lowest BCUT2D eigenvalue weighted by Crippen LogP contribution is -2.46. The van der Waals surface area contributed by atoms with Gasteiger partial charge in [-0.25, -0.2) is 9.59 Å². The summed E-state index contributed by atoms with van der Waals surface area (Å²) >= 11 is 0. The first-order valence-electron chi connectivity index (χ1n) is 14.9. The van der Waals surface area contributed by atoms with Crippen LogP contribution in [0.1, 0.15) is 33.9 Å². The van der Waals surface area contributed by atoms with Gasteiger partial charge in [-0.3, -0.25) is 0 Å². The first-order chi connectivity index (χ1) is 22.5. The Hall–Kier alpha value is -5.60. The summed E-state index contributed by atoms with van der Waals surface area (Å²) in [7, 11) is 0. The van der Waals surface area contributed by atoms with Crippen molar-refractivity contribution in [1.82, 2.24) is 5.32 Å². The highest BCUT2D eigenvalue weighted by atomic mass is 16.6. The molecule has 2 N–H and O–H groups in total. The van der Waals surface area contributed by atoms with Crippen molar-refractivity contribution in [2.75, 3.05) is 0 Å². The number of amides is 1. The van der Waals surface area contributed by atoms with Gasteiger partial charge in [-0.05, 0) is 39.9 Å². The highest BCUT2D eigenvalue weighted by Gasteiger charge is 2.32. The van der Waals surface area contributed by atoms with Crippen LogP contribution in [0.3, 0.4) is 0 Å². The molecule has 8 heteroatoms. The predicted octanol–water partition coefficient (Wildman–Crippen LogP) is 6.92. The Morgan fingerprint density at radius 3 is 1.48 bits per heavy atom. The third kappa shape index (κ3) is 9.45. The molecule has 0 bridgehead atoms. The fourth-order valence-electron chi connectivity index (χ4n) is 4.58. The second-order valence-electron chi connectivity index (χ2n) is 10.5. The van der Waals surface area contributed by atoms with Gasteiger partial charge in [0.05, 0.1) is 0 Å². The Bertz CT molecular complexity index is 1670. The number of esters is 1. The van der Waals surface area contributed by atoms with Gasteiger partial charge in [0.25, 0.3) is 0 Å². The fraction of sp³-hybridized carbons (Fsp3) is 0.158. The number of rotatable bonds is 14. The van der Waals surface area contributed by atoms with Gasteiger partial charge in [-0.15, -0.1) is 0 Å². The summed E-state index contributed by atoms with van der Waals surface area (Å²) < 4.78 is 23.1. The van der Waals surface area contributed by atoms with Gasteiger partial charge in [0.15, 0.2) is 17.5 Å². The third-order valence-corrected chi connectivity index (χ3v) is 7.06. The second-order valence-corrected chi connectivity index (χ2v) is 10.5. The van der Waals surface area contributed by atoms with Gasteiger partial charge in [-0.2, -0.15) is 0 Å². The normalized spacial score (nSPS) is 11.9. The molecule has 0 heterocycles. The van der Waals surface area contributed by atoms with E-state index in [2.05, 4.69) is 5.32 Å². The molecule has 8 nitrogen and oxygen atoms in total. The number of nitrogens with one attached hydrogen (secondary N) is 1. The summed E-state index contributed by atoms with van der Waals surface area (Å²) in [5.41, 5.74) is 3.74. The number of hydrogen-bond donors (Lipinski definition) is 2. The molecule has 2 atom stereocenters. The zero-order valence-corrected chi connectivity index (χ0v) is 25.2. The van der Waals surface area contributed by atoms with E-state index in [4.69, 9.17) is 18.9 Å². The number of carbonyl (C=O) groups excluding carboxylic acids is 2. The minimum atomic E-state index is -1.50. The molecule has 0 aliphatic carbocycles. The van der Waals surface area contributed by atoms with E-state index < -0.39 is 24.2 Å². The summed E-state index contributed by atoms with van der Waals surface area (Å²) in [6.45, 7) is 0.489. The Kier molecular flexibility index (Phi) is 11.4.